The molecule has 0 amide bonds. The van der Waals surface area contributed by atoms with Gasteiger partial charge in [0.1, 0.15) is 0 Å². The molecule has 1 aliphatic rings. The van der Waals surface area contributed by atoms with Crippen LogP contribution in [0.5, 0.6) is 0 Å². The first kappa shape index (κ1) is 13.0. The first-order chi connectivity index (χ1) is 7.89. The van der Waals surface area contributed by atoms with Crippen LogP contribution in [0, 0.1) is 11.3 Å². The predicted octanol–water partition coefficient (Wildman–Crippen LogP) is 3.62. The molecule has 1 aliphatic carbocycles. The Morgan fingerprint density at radius 1 is 1.41 bits per heavy atom. The van der Waals surface area contributed by atoms with Crippen LogP contribution in [0.1, 0.15) is 52.1 Å². The van der Waals surface area contributed by atoms with Crippen LogP contribution in [0.15, 0.2) is 10.9 Å². The van der Waals surface area contributed by atoms with Gasteiger partial charge in [-0.05, 0) is 37.0 Å². The molecule has 1 heterocycles. The minimum Gasteiger partial charge on any atom is -0.325 e. The summed E-state index contributed by atoms with van der Waals surface area (Å²) in [7, 11) is 0. The molecule has 0 saturated heterocycles. The van der Waals surface area contributed by atoms with E-state index < -0.39 is 0 Å². The summed E-state index contributed by atoms with van der Waals surface area (Å²) in [6.07, 6.45) is 5.78. The predicted molar refractivity (Wildman–Crippen MR) is 74.1 cm³/mol. The smallest absolute Gasteiger partial charge is 0.0794 e. The Morgan fingerprint density at radius 2 is 2.06 bits per heavy atom. The van der Waals surface area contributed by atoms with Gasteiger partial charge in [-0.2, -0.15) is 0 Å². The van der Waals surface area contributed by atoms with Crippen LogP contribution in [0.3, 0.4) is 0 Å². The quantitative estimate of drug-likeness (QED) is 0.873. The normalized spacial score (nSPS) is 30.5. The first-order valence-corrected chi connectivity index (χ1v) is 7.49. The fourth-order valence-electron chi connectivity index (χ4n) is 2.92. The summed E-state index contributed by atoms with van der Waals surface area (Å²) in [6.45, 7) is 7.05. The molecule has 0 bridgehead atoms. The highest BCUT2D eigenvalue weighted by molar-refractivity contribution is 7.07. The zero-order valence-electron chi connectivity index (χ0n) is 11.2. The molecule has 96 valence electrons. The van der Waals surface area contributed by atoms with Gasteiger partial charge in [0.15, 0.2) is 0 Å². The van der Waals surface area contributed by atoms with Gasteiger partial charge in [-0.3, -0.25) is 0 Å². The lowest BCUT2D eigenvalue weighted by atomic mass is 9.66. The van der Waals surface area contributed by atoms with Crippen LogP contribution in [0.25, 0.3) is 0 Å². The highest BCUT2D eigenvalue weighted by Crippen LogP contribution is 2.41. The Kier molecular flexibility index (Phi) is 3.60. The summed E-state index contributed by atoms with van der Waals surface area (Å²) in [4.78, 5) is 4.36. The molecular formula is C14H24N2S. The Labute approximate surface area is 109 Å². The summed E-state index contributed by atoms with van der Waals surface area (Å²) >= 11 is 1.67. The van der Waals surface area contributed by atoms with Crippen molar-refractivity contribution < 1.29 is 0 Å². The largest absolute Gasteiger partial charge is 0.325 e. The second-order valence-electron chi connectivity index (χ2n) is 6.66. The molecule has 1 fully saturated rings. The molecule has 17 heavy (non-hydrogen) atoms. The fourth-order valence-corrected chi connectivity index (χ4v) is 3.48. The average Bonchev–Trinajstić information content (AvgIpc) is 2.68. The Balaban J connectivity index is 1.93. The number of hydrogen-bond acceptors (Lipinski definition) is 3. The molecule has 0 aromatic carbocycles. The van der Waals surface area contributed by atoms with Crippen molar-refractivity contribution in [2.75, 3.05) is 0 Å². The maximum absolute atomic E-state index is 6.52. The van der Waals surface area contributed by atoms with Crippen molar-refractivity contribution in [3.05, 3.63) is 16.6 Å². The van der Waals surface area contributed by atoms with E-state index in [-0.39, 0.29) is 5.54 Å². The Morgan fingerprint density at radius 3 is 2.53 bits per heavy atom. The van der Waals surface area contributed by atoms with Crippen LogP contribution in [0.2, 0.25) is 0 Å². The third-order valence-electron chi connectivity index (χ3n) is 4.22. The molecule has 1 aromatic heterocycles. The van der Waals surface area contributed by atoms with E-state index >= 15 is 0 Å². The molecule has 0 atom stereocenters. The lowest BCUT2D eigenvalue weighted by molar-refractivity contribution is 0.133. The molecule has 2 N–H and O–H groups in total. The summed E-state index contributed by atoms with van der Waals surface area (Å²) in [5.74, 6) is 0.828. The lowest BCUT2D eigenvalue weighted by Gasteiger charge is -2.42. The summed E-state index contributed by atoms with van der Waals surface area (Å²) in [6, 6.07) is 0. The number of nitrogens with zero attached hydrogens (tertiary/aromatic N) is 1. The second kappa shape index (κ2) is 4.69. The minimum atomic E-state index is -0.00414. The number of rotatable bonds is 2. The second-order valence-corrected chi connectivity index (χ2v) is 7.38. The van der Waals surface area contributed by atoms with Crippen LogP contribution in [-0.2, 0) is 6.42 Å². The topological polar surface area (TPSA) is 38.9 Å². The van der Waals surface area contributed by atoms with E-state index in [4.69, 9.17) is 5.73 Å². The van der Waals surface area contributed by atoms with E-state index in [0.717, 1.165) is 25.2 Å². The minimum absolute atomic E-state index is 0.00414. The summed E-state index contributed by atoms with van der Waals surface area (Å²) < 4.78 is 0. The Hall–Kier alpha value is -0.410. The van der Waals surface area contributed by atoms with E-state index in [1.165, 1.54) is 18.5 Å². The van der Waals surface area contributed by atoms with Crippen molar-refractivity contribution in [1.29, 1.82) is 0 Å². The van der Waals surface area contributed by atoms with Crippen molar-refractivity contribution in [1.82, 2.24) is 4.98 Å². The Bertz CT molecular complexity index is 343. The van der Waals surface area contributed by atoms with Crippen molar-refractivity contribution in [3.63, 3.8) is 0 Å². The van der Waals surface area contributed by atoms with Crippen molar-refractivity contribution in [2.45, 2.75) is 58.4 Å². The van der Waals surface area contributed by atoms with Crippen LogP contribution in [0.4, 0.5) is 0 Å². The number of hydrogen-bond donors (Lipinski definition) is 1. The number of aromatic nitrogens is 1. The van der Waals surface area contributed by atoms with Crippen molar-refractivity contribution in [2.24, 2.45) is 17.1 Å². The molecule has 0 radical (unpaired) electrons. The highest BCUT2D eigenvalue weighted by atomic mass is 32.1. The van der Waals surface area contributed by atoms with Gasteiger partial charge in [-0.25, -0.2) is 4.98 Å². The van der Waals surface area contributed by atoms with Gasteiger partial charge in [0.2, 0.25) is 0 Å². The standard InChI is InChI=1S/C14H24N2S/c1-13(2,3)11-4-6-14(15,7-5-11)8-12-9-17-10-16-12/h9-11H,4-8,15H2,1-3H3. The van der Waals surface area contributed by atoms with Gasteiger partial charge < -0.3 is 5.73 Å². The molecule has 1 saturated carbocycles. The number of nitrogens with two attached hydrogens (primary N) is 1. The van der Waals surface area contributed by atoms with Gasteiger partial charge >= 0.3 is 0 Å². The van der Waals surface area contributed by atoms with Gasteiger partial charge in [0.25, 0.3) is 0 Å². The first-order valence-electron chi connectivity index (χ1n) is 6.55. The van der Waals surface area contributed by atoms with Gasteiger partial charge in [0, 0.05) is 17.3 Å². The molecule has 3 heteroatoms. The maximum Gasteiger partial charge on any atom is 0.0794 e. The van der Waals surface area contributed by atoms with E-state index in [0.29, 0.717) is 5.41 Å². The van der Waals surface area contributed by atoms with Crippen LogP contribution in [-0.4, -0.2) is 10.5 Å². The highest BCUT2D eigenvalue weighted by Gasteiger charge is 2.36. The average molecular weight is 252 g/mol. The maximum atomic E-state index is 6.52. The number of thiazole rings is 1. The monoisotopic (exact) mass is 252 g/mol. The summed E-state index contributed by atoms with van der Waals surface area (Å²) in [5, 5.41) is 2.13. The zero-order valence-corrected chi connectivity index (χ0v) is 12.0. The molecule has 0 unspecified atom stereocenters. The molecule has 2 nitrogen and oxygen atoms in total. The van der Waals surface area contributed by atoms with E-state index in [1.54, 1.807) is 11.3 Å². The fraction of sp³-hybridized carbons (Fsp3) is 0.786. The van der Waals surface area contributed by atoms with E-state index in [2.05, 4.69) is 31.1 Å². The van der Waals surface area contributed by atoms with Crippen molar-refractivity contribution in [3.8, 4) is 0 Å². The lowest BCUT2D eigenvalue weighted by Crippen LogP contribution is -2.46. The molecule has 0 spiro atoms. The van der Waals surface area contributed by atoms with Gasteiger partial charge in [-0.15, -0.1) is 11.3 Å². The van der Waals surface area contributed by atoms with E-state index in [1.807, 2.05) is 5.51 Å². The molecule has 0 aliphatic heterocycles. The zero-order chi connectivity index (χ0) is 12.5. The molecule has 1 aromatic rings. The van der Waals surface area contributed by atoms with Gasteiger partial charge in [0.05, 0.1) is 11.2 Å². The van der Waals surface area contributed by atoms with Crippen LogP contribution >= 0.6 is 11.3 Å². The van der Waals surface area contributed by atoms with Gasteiger partial charge in [-0.1, -0.05) is 20.8 Å². The van der Waals surface area contributed by atoms with Crippen molar-refractivity contribution >= 4 is 11.3 Å². The third kappa shape index (κ3) is 3.29. The molecular weight excluding hydrogens is 228 g/mol. The SMILES string of the molecule is CC(C)(C)C1CCC(N)(Cc2cscn2)CC1. The summed E-state index contributed by atoms with van der Waals surface area (Å²) in [5.41, 5.74) is 10.0. The van der Waals surface area contributed by atoms with Crippen LogP contribution < -0.4 is 5.73 Å². The third-order valence-corrected chi connectivity index (χ3v) is 4.86. The molecule has 2 rings (SSSR count). The van der Waals surface area contributed by atoms with E-state index in [9.17, 15) is 0 Å².